The van der Waals surface area contributed by atoms with Crippen molar-refractivity contribution in [1.29, 1.82) is 0 Å². The summed E-state index contributed by atoms with van der Waals surface area (Å²) in [7, 11) is 0. The Labute approximate surface area is 275 Å². The SMILES string of the molecule is C=CCN(Cc1ccccc1)C(=O)[C@@H]1[C@@H]2CCC3(S2)C(C(=O)N(CC=C)C(C)(C)CC(C)(C)C)N([C@@H](CO)[C@@H](C)CC)C(=O)[C@H]13. The first-order chi connectivity index (χ1) is 21.2. The van der Waals surface area contributed by atoms with Crippen molar-refractivity contribution >= 4 is 29.5 Å². The number of aliphatic hydroxyl groups is 1. The smallest absolute Gasteiger partial charge is 0.247 e. The summed E-state index contributed by atoms with van der Waals surface area (Å²) in [4.78, 5) is 49.9. The summed E-state index contributed by atoms with van der Waals surface area (Å²) in [5.41, 5.74) is 0.472. The number of rotatable bonds is 14. The number of benzene rings is 1. The van der Waals surface area contributed by atoms with Gasteiger partial charge < -0.3 is 19.8 Å². The van der Waals surface area contributed by atoms with Crippen molar-refractivity contribution in [1.82, 2.24) is 14.7 Å². The van der Waals surface area contributed by atoms with E-state index in [2.05, 4.69) is 47.8 Å². The predicted molar refractivity (Wildman–Crippen MR) is 183 cm³/mol. The van der Waals surface area contributed by atoms with Crippen LogP contribution in [0.1, 0.15) is 79.7 Å². The first kappa shape index (κ1) is 35.3. The molecular formula is C37H55N3O4S. The molecule has 7 atom stereocenters. The third-order valence-electron chi connectivity index (χ3n) is 10.3. The van der Waals surface area contributed by atoms with Crippen LogP contribution in [0.15, 0.2) is 55.6 Å². The Bertz CT molecular complexity index is 1260. The van der Waals surface area contributed by atoms with Crippen LogP contribution in [0.3, 0.4) is 0 Å². The Morgan fingerprint density at radius 3 is 2.31 bits per heavy atom. The summed E-state index contributed by atoms with van der Waals surface area (Å²) in [5, 5.41) is 10.7. The van der Waals surface area contributed by atoms with Gasteiger partial charge in [-0.2, -0.15) is 0 Å². The average molecular weight is 638 g/mol. The van der Waals surface area contributed by atoms with Gasteiger partial charge in [-0.25, -0.2) is 0 Å². The largest absolute Gasteiger partial charge is 0.394 e. The molecule has 0 radical (unpaired) electrons. The Kier molecular flexibility index (Phi) is 10.7. The van der Waals surface area contributed by atoms with Gasteiger partial charge >= 0.3 is 0 Å². The predicted octanol–water partition coefficient (Wildman–Crippen LogP) is 5.93. The lowest BCUT2D eigenvalue weighted by Gasteiger charge is -2.47. The number of hydrogen-bond acceptors (Lipinski definition) is 5. The lowest BCUT2D eigenvalue weighted by molar-refractivity contribution is -0.150. The first-order valence-corrected chi connectivity index (χ1v) is 17.5. The molecule has 3 amide bonds. The zero-order valence-corrected chi connectivity index (χ0v) is 29.3. The quantitative estimate of drug-likeness (QED) is 0.256. The second-order valence-corrected chi connectivity index (χ2v) is 16.8. The highest BCUT2D eigenvalue weighted by Gasteiger charge is 2.75. The number of nitrogens with zero attached hydrogens (tertiary/aromatic N) is 3. The number of hydrogen-bond donors (Lipinski definition) is 1. The van der Waals surface area contributed by atoms with Crippen LogP contribution in [0.25, 0.3) is 0 Å². The molecule has 3 aliphatic rings. The minimum absolute atomic E-state index is 0.0217. The number of aliphatic hydroxyl groups excluding tert-OH is 1. The number of carbonyl (C=O) groups excluding carboxylic acids is 3. The summed E-state index contributed by atoms with van der Waals surface area (Å²) in [5.74, 6) is -1.50. The highest BCUT2D eigenvalue weighted by atomic mass is 32.2. The standard InChI is InChI=1S/C37H55N3O4S/c1-10-20-38(22-26-16-14-13-15-17-26)32(42)29-28-18-19-37(45-28)30(29)33(43)40(27(23-41)25(4)12-3)31(37)34(44)39(21-11-2)36(8,9)24-35(5,6)7/h10-11,13-17,25,27-31,41H,1-2,12,18-24H2,3-9H3/t25-,27-,28-,29+,30-,31?,37?/m0/s1. The van der Waals surface area contributed by atoms with Crippen LogP contribution in [0, 0.1) is 23.2 Å². The molecule has 3 heterocycles. The molecule has 1 aromatic rings. The lowest BCUT2D eigenvalue weighted by atomic mass is 9.70. The second-order valence-electron chi connectivity index (χ2n) is 15.2. The molecule has 45 heavy (non-hydrogen) atoms. The van der Waals surface area contributed by atoms with Gasteiger partial charge in [-0.3, -0.25) is 14.4 Å². The molecule has 2 bridgehead atoms. The molecule has 8 heteroatoms. The molecule has 4 rings (SSSR count). The topological polar surface area (TPSA) is 81.2 Å². The van der Waals surface area contributed by atoms with Crippen LogP contribution in [0.2, 0.25) is 0 Å². The number of fused-ring (bicyclic) bond motifs is 1. The minimum Gasteiger partial charge on any atom is -0.394 e. The fraction of sp³-hybridized carbons (Fsp3) is 0.649. The van der Waals surface area contributed by atoms with Gasteiger partial charge in [0.15, 0.2) is 0 Å². The number of likely N-dealkylation sites (tertiary alicyclic amines) is 1. The molecule has 3 saturated heterocycles. The van der Waals surface area contributed by atoms with Crippen molar-refractivity contribution in [2.75, 3.05) is 19.7 Å². The monoisotopic (exact) mass is 637 g/mol. The van der Waals surface area contributed by atoms with E-state index in [0.717, 1.165) is 24.8 Å². The first-order valence-electron chi connectivity index (χ1n) is 16.6. The molecule has 1 aromatic carbocycles. The van der Waals surface area contributed by atoms with Crippen LogP contribution in [0.5, 0.6) is 0 Å². The van der Waals surface area contributed by atoms with Gasteiger partial charge in [0, 0.05) is 30.4 Å². The molecule has 3 aliphatic heterocycles. The minimum atomic E-state index is -0.768. The van der Waals surface area contributed by atoms with E-state index in [-0.39, 0.29) is 40.9 Å². The van der Waals surface area contributed by atoms with E-state index < -0.39 is 34.2 Å². The van der Waals surface area contributed by atoms with E-state index >= 15 is 4.79 Å². The molecule has 3 fully saturated rings. The number of amides is 3. The van der Waals surface area contributed by atoms with E-state index in [1.807, 2.05) is 54.0 Å². The maximum Gasteiger partial charge on any atom is 0.247 e. The summed E-state index contributed by atoms with van der Waals surface area (Å²) >= 11 is 1.69. The Morgan fingerprint density at radius 1 is 1.11 bits per heavy atom. The molecule has 248 valence electrons. The zero-order valence-electron chi connectivity index (χ0n) is 28.5. The van der Waals surface area contributed by atoms with Gasteiger partial charge in [-0.15, -0.1) is 24.9 Å². The Morgan fingerprint density at radius 2 is 1.76 bits per heavy atom. The van der Waals surface area contributed by atoms with Crippen LogP contribution in [-0.4, -0.2) is 84.8 Å². The van der Waals surface area contributed by atoms with Gasteiger partial charge in [-0.1, -0.05) is 83.5 Å². The van der Waals surface area contributed by atoms with Crippen LogP contribution < -0.4 is 0 Å². The van der Waals surface area contributed by atoms with Gasteiger partial charge in [0.25, 0.3) is 0 Å². The maximum atomic E-state index is 15.1. The molecule has 7 nitrogen and oxygen atoms in total. The highest BCUT2D eigenvalue weighted by Crippen LogP contribution is 2.67. The van der Waals surface area contributed by atoms with Crippen molar-refractivity contribution in [3.05, 3.63) is 61.2 Å². The zero-order chi connectivity index (χ0) is 33.3. The Balaban J connectivity index is 1.81. The summed E-state index contributed by atoms with van der Waals surface area (Å²) in [6.45, 7) is 23.6. The number of thioether (sulfide) groups is 1. The van der Waals surface area contributed by atoms with Gasteiger partial charge in [0.2, 0.25) is 17.7 Å². The molecule has 1 spiro atoms. The fourth-order valence-corrected chi connectivity index (χ4v) is 10.7. The second kappa shape index (κ2) is 13.6. The van der Waals surface area contributed by atoms with Crippen molar-refractivity contribution < 1.29 is 19.5 Å². The summed E-state index contributed by atoms with van der Waals surface area (Å²) in [6.07, 6.45) is 6.48. The molecule has 0 aromatic heterocycles. The van der Waals surface area contributed by atoms with Crippen molar-refractivity contribution in [2.45, 2.75) is 108 Å². The highest BCUT2D eigenvalue weighted by molar-refractivity contribution is 8.02. The third kappa shape index (κ3) is 6.64. The van der Waals surface area contributed by atoms with Crippen LogP contribution >= 0.6 is 11.8 Å². The third-order valence-corrected chi connectivity index (χ3v) is 12.2. The molecule has 1 N–H and O–H groups in total. The van der Waals surface area contributed by atoms with Crippen molar-refractivity contribution in [3.8, 4) is 0 Å². The van der Waals surface area contributed by atoms with E-state index in [4.69, 9.17) is 0 Å². The van der Waals surface area contributed by atoms with E-state index in [1.165, 1.54) is 0 Å². The molecule has 2 unspecified atom stereocenters. The molecular weight excluding hydrogens is 582 g/mol. The molecule has 0 saturated carbocycles. The maximum absolute atomic E-state index is 15.1. The van der Waals surface area contributed by atoms with Crippen molar-refractivity contribution in [3.63, 3.8) is 0 Å². The van der Waals surface area contributed by atoms with Crippen LogP contribution in [0.4, 0.5) is 0 Å². The summed E-state index contributed by atoms with van der Waals surface area (Å²) in [6, 6.07) is 8.60. The van der Waals surface area contributed by atoms with E-state index in [9.17, 15) is 14.7 Å². The van der Waals surface area contributed by atoms with Crippen molar-refractivity contribution in [2.24, 2.45) is 23.2 Å². The Hall–Kier alpha value is -2.58. The normalized spacial score (nSPS) is 27.2. The van der Waals surface area contributed by atoms with Gasteiger partial charge in [0.1, 0.15) is 6.04 Å². The van der Waals surface area contributed by atoms with Gasteiger partial charge in [0.05, 0.1) is 29.2 Å². The molecule has 0 aliphatic carbocycles. The lowest BCUT2D eigenvalue weighted by Crippen LogP contribution is -2.62. The summed E-state index contributed by atoms with van der Waals surface area (Å²) < 4.78 is -0.732. The van der Waals surface area contributed by atoms with Crippen LogP contribution in [-0.2, 0) is 20.9 Å². The van der Waals surface area contributed by atoms with Gasteiger partial charge in [-0.05, 0) is 50.0 Å². The fourth-order valence-electron chi connectivity index (χ4n) is 8.53. The average Bonchev–Trinajstić information content (AvgIpc) is 3.62. The van der Waals surface area contributed by atoms with E-state index in [0.29, 0.717) is 26.1 Å². The number of carbonyl (C=O) groups is 3. The van der Waals surface area contributed by atoms with E-state index in [1.54, 1.807) is 28.8 Å².